The van der Waals surface area contributed by atoms with Crippen molar-refractivity contribution in [2.45, 2.75) is 53.6 Å². The maximum absolute atomic E-state index is 6.20. The van der Waals surface area contributed by atoms with Crippen LogP contribution in [-0.2, 0) is 4.74 Å². The third-order valence-electron chi connectivity index (χ3n) is 4.08. The molecule has 0 saturated carbocycles. The molecule has 2 heteroatoms. The summed E-state index contributed by atoms with van der Waals surface area (Å²) in [5, 5.41) is 3.53. The van der Waals surface area contributed by atoms with Crippen LogP contribution in [0.5, 0.6) is 0 Å². The molecule has 1 rings (SSSR count). The number of rotatable bonds is 8. The first-order valence-electron chi connectivity index (χ1n) is 7.98. The standard InChI is InChI=1S/C17H33NO/c1-13(2)10-18-11-17(14(3)4)19-12-16-9-7-6-8-15(16)5/h6-7,13-18H,8-12H2,1-5H3. The van der Waals surface area contributed by atoms with Crippen LogP contribution < -0.4 is 5.32 Å². The quantitative estimate of drug-likeness (QED) is 0.674. The van der Waals surface area contributed by atoms with Crippen LogP contribution in [0.4, 0.5) is 0 Å². The molecule has 3 unspecified atom stereocenters. The van der Waals surface area contributed by atoms with Crippen LogP contribution in [0, 0.1) is 23.7 Å². The van der Waals surface area contributed by atoms with Gasteiger partial charge in [0.05, 0.1) is 12.7 Å². The Morgan fingerprint density at radius 2 is 1.79 bits per heavy atom. The first-order chi connectivity index (χ1) is 9.00. The molecule has 0 bridgehead atoms. The molecule has 1 N–H and O–H groups in total. The van der Waals surface area contributed by atoms with Crippen molar-refractivity contribution in [3.8, 4) is 0 Å². The number of nitrogens with one attached hydrogen (secondary N) is 1. The summed E-state index contributed by atoms with van der Waals surface area (Å²) in [5.41, 5.74) is 0. The van der Waals surface area contributed by atoms with Gasteiger partial charge in [-0.1, -0.05) is 46.8 Å². The monoisotopic (exact) mass is 267 g/mol. The summed E-state index contributed by atoms with van der Waals surface area (Å²) < 4.78 is 6.20. The number of ether oxygens (including phenoxy) is 1. The molecular formula is C17H33NO. The van der Waals surface area contributed by atoms with E-state index in [1.165, 1.54) is 12.8 Å². The predicted octanol–water partition coefficient (Wildman–Crippen LogP) is 3.88. The van der Waals surface area contributed by atoms with E-state index in [4.69, 9.17) is 4.74 Å². The molecule has 0 aromatic rings. The highest BCUT2D eigenvalue weighted by Gasteiger charge is 2.21. The zero-order valence-corrected chi connectivity index (χ0v) is 13.5. The minimum atomic E-state index is 0.344. The Labute approximate surface area is 120 Å². The van der Waals surface area contributed by atoms with Crippen molar-refractivity contribution >= 4 is 0 Å². The molecule has 3 atom stereocenters. The lowest BCUT2D eigenvalue weighted by Crippen LogP contribution is -2.36. The third-order valence-corrected chi connectivity index (χ3v) is 4.08. The van der Waals surface area contributed by atoms with E-state index < -0.39 is 0 Å². The maximum Gasteiger partial charge on any atom is 0.0722 e. The van der Waals surface area contributed by atoms with Gasteiger partial charge in [0.25, 0.3) is 0 Å². The van der Waals surface area contributed by atoms with Crippen LogP contribution in [0.1, 0.15) is 47.5 Å². The Hall–Kier alpha value is -0.340. The Morgan fingerprint density at radius 1 is 1.11 bits per heavy atom. The highest BCUT2D eigenvalue weighted by Crippen LogP contribution is 2.25. The molecule has 0 saturated heterocycles. The largest absolute Gasteiger partial charge is 0.376 e. The van der Waals surface area contributed by atoms with E-state index >= 15 is 0 Å². The summed E-state index contributed by atoms with van der Waals surface area (Å²) in [4.78, 5) is 0. The fourth-order valence-corrected chi connectivity index (χ4v) is 2.49. The van der Waals surface area contributed by atoms with Crippen molar-refractivity contribution in [2.75, 3.05) is 19.7 Å². The van der Waals surface area contributed by atoms with Crippen molar-refractivity contribution in [1.82, 2.24) is 5.32 Å². The molecule has 112 valence electrons. The lowest BCUT2D eigenvalue weighted by Gasteiger charge is -2.29. The van der Waals surface area contributed by atoms with Crippen LogP contribution in [0.2, 0.25) is 0 Å². The lowest BCUT2D eigenvalue weighted by atomic mass is 9.85. The summed E-state index contributed by atoms with van der Waals surface area (Å²) in [7, 11) is 0. The second kappa shape index (κ2) is 8.76. The van der Waals surface area contributed by atoms with E-state index in [0.717, 1.165) is 25.6 Å². The van der Waals surface area contributed by atoms with Crippen molar-refractivity contribution < 1.29 is 4.74 Å². The van der Waals surface area contributed by atoms with Gasteiger partial charge >= 0.3 is 0 Å². The molecule has 1 aliphatic carbocycles. The summed E-state index contributed by atoms with van der Waals surface area (Å²) >= 11 is 0. The van der Waals surface area contributed by atoms with Gasteiger partial charge in [-0.05, 0) is 43.1 Å². The number of hydrogen-bond acceptors (Lipinski definition) is 2. The predicted molar refractivity (Wildman–Crippen MR) is 83.3 cm³/mol. The zero-order valence-electron chi connectivity index (χ0n) is 13.5. The van der Waals surface area contributed by atoms with E-state index in [0.29, 0.717) is 23.9 Å². The molecule has 19 heavy (non-hydrogen) atoms. The van der Waals surface area contributed by atoms with Gasteiger partial charge in [0.2, 0.25) is 0 Å². The molecule has 0 aliphatic heterocycles. The molecule has 0 aromatic heterocycles. The van der Waals surface area contributed by atoms with E-state index in [1.54, 1.807) is 0 Å². The molecule has 1 aliphatic rings. The van der Waals surface area contributed by atoms with E-state index in [-0.39, 0.29) is 0 Å². The van der Waals surface area contributed by atoms with Crippen molar-refractivity contribution in [1.29, 1.82) is 0 Å². The molecule has 0 aromatic carbocycles. The van der Waals surface area contributed by atoms with Gasteiger partial charge in [0, 0.05) is 6.54 Å². The Balaban J connectivity index is 2.30. The average Bonchev–Trinajstić information content (AvgIpc) is 2.34. The molecule has 0 heterocycles. The molecule has 2 nitrogen and oxygen atoms in total. The highest BCUT2D eigenvalue weighted by molar-refractivity contribution is 4.93. The lowest BCUT2D eigenvalue weighted by molar-refractivity contribution is -0.00739. The van der Waals surface area contributed by atoms with Gasteiger partial charge in [-0.2, -0.15) is 0 Å². The van der Waals surface area contributed by atoms with Gasteiger partial charge < -0.3 is 10.1 Å². The van der Waals surface area contributed by atoms with Crippen molar-refractivity contribution in [2.24, 2.45) is 23.7 Å². The normalized spacial score (nSPS) is 25.2. The van der Waals surface area contributed by atoms with Crippen LogP contribution in [0.25, 0.3) is 0 Å². The first-order valence-corrected chi connectivity index (χ1v) is 7.98. The Bertz CT molecular complexity index is 260. The van der Waals surface area contributed by atoms with Gasteiger partial charge in [-0.3, -0.25) is 0 Å². The van der Waals surface area contributed by atoms with Crippen LogP contribution >= 0.6 is 0 Å². The minimum Gasteiger partial charge on any atom is -0.376 e. The molecule has 0 spiro atoms. The third kappa shape index (κ3) is 6.58. The first kappa shape index (κ1) is 16.7. The van der Waals surface area contributed by atoms with Crippen molar-refractivity contribution in [3.05, 3.63) is 12.2 Å². The van der Waals surface area contributed by atoms with Gasteiger partial charge in [-0.25, -0.2) is 0 Å². The van der Waals surface area contributed by atoms with Crippen LogP contribution in [0.15, 0.2) is 12.2 Å². The second-order valence-electron chi connectivity index (χ2n) is 6.85. The van der Waals surface area contributed by atoms with Crippen LogP contribution in [0.3, 0.4) is 0 Å². The van der Waals surface area contributed by atoms with Gasteiger partial charge in [-0.15, -0.1) is 0 Å². The highest BCUT2D eigenvalue weighted by atomic mass is 16.5. The summed E-state index contributed by atoms with van der Waals surface area (Å²) in [6.07, 6.45) is 7.37. The van der Waals surface area contributed by atoms with E-state index in [2.05, 4.69) is 52.1 Å². The molecular weight excluding hydrogens is 234 g/mol. The Morgan fingerprint density at radius 3 is 2.37 bits per heavy atom. The fraction of sp³-hybridized carbons (Fsp3) is 0.882. The zero-order chi connectivity index (χ0) is 14.3. The summed E-state index contributed by atoms with van der Waals surface area (Å²) in [5.74, 6) is 2.75. The Kier molecular flexibility index (Phi) is 7.70. The number of hydrogen-bond donors (Lipinski definition) is 1. The SMILES string of the molecule is CC(C)CNCC(OCC1CC=CCC1C)C(C)C. The van der Waals surface area contributed by atoms with E-state index in [1.807, 2.05) is 0 Å². The average molecular weight is 267 g/mol. The fourth-order valence-electron chi connectivity index (χ4n) is 2.49. The molecule has 0 fully saturated rings. The van der Waals surface area contributed by atoms with Crippen LogP contribution in [-0.4, -0.2) is 25.8 Å². The van der Waals surface area contributed by atoms with Gasteiger partial charge in [0.1, 0.15) is 0 Å². The molecule has 0 radical (unpaired) electrons. The second-order valence-corrected chi connectivity index (χ2v) is 6.85. The maximum atomic E-state index is 6.20. The number of allylic oxidation sites excluding steroid dienone is 2. The minimum absolute atomic E-state index is 0.344. The van der Waals surface area contributed by atoms with E-state index in [9.17, 15) is 0 Å². The smallest absolute Gasteiger partial charge is 0.0722 e. The van der Waals surface area contributed by atoms with Crippen molar-refractivity contribution in [3.63, 3.8) is 0 Å². The van der Waals surface area contributed by atoms with Gasteiger partial charge in [0.15, 0.2) is 0 Å². The summed E-state index contributed by atoms with van der Waals surface area (Å²) in [6, 6.07) is 0. The molecule has 0 amide bonds. The topological polar surface area (TPSA) is 21.3 Å². The summed E-state index contributed by atoms with van der Waals surface area (Å²) in [6.45, 7) is 14.3.